The zero-order valence-corrected chi connectivity index (χ0v) is 11.9. The molecule has 0 unspecified atom stereocenters. The molecule has 0 bridgehead atoms. The fourth-order valence-corrected chi connectivity index (χ4v) is 2.02. The molecule has 2 aromatic rings. The van der Waals surface area contributed by atoms with Crippen molar-refractivity contribution in [3.8, 4) is 5.75 Å². The van der Waals surface area contributed by atoms with Crippen LogP contribution in [0.25, 0.3) is 0 Å². The maximum Gasteiger partial charge on any atom is 0.257 e. The summed E-state index contributed by atoms with van der Waals surface area (Å²) in [5.41, 5.74) is 7.90. The molecule has 0 spiro atoms. The van der Waals surface area contributed by atoms with Gasteiger partial charge in [0.2, 0.25) is 0 Å². The van der Waals surface area contributed by atoms with Crippen LogP contribution in [0.5, 0.6) is 5.75 Å². The monoisotopic (exact) mass is 320 g/mol. The van der Waals surface area contributed by atoms with Gasteiger partial charge in [-0.1, -0.05) is 15.9 Å². The summed E-state index contributed by atoms with van der Waals surface area (Å²) in [6.45, 7) is 1.76. The Hall–Kier alpha value is -2.01. The van der Waals surface area contributed by atoms with Crippen molar-refractivity contribution in [2.75, 3.05) is 11.1 Å². The molecule has 19 heavy (non-hydrogen) atoms. The molecule has 0 saturated heterocycles. The second-order valence-electron chi connectivity index (χ2n) is 4.19. The molecule has 0 saturated carbocycles. The normalized spacial score (nSPS) is 10.2. The van der Waals surface area contributed by atoms with Gasteiger partial charge in [-0.25, -0.2) is 0 Å². The van der Waals surface area contributed by atoms with Gasteiger partial charge in [-0.15, -0.1) is 0 Å². The predicted molar refractivity (Wildman–Crippen MR) is 79.4 cm³/mol. The van der Waals surface area contributed by atoms with E-state index in [2.05, 4.69) is 21.2 Å². The molecule has 0 fully saturated rings. The Morgan fingerprint density at radius 3 is 2.68 bits per heavy atom. The quantitative estimate of drug-likeness (QED) is 0.587. The molecule has 0 atom stereocenters. The van der Waals surface area contributed by atoms with E-state index in [4.69, 9.17) is 5.73 Å². The summed E-state index contributed by atoms with van der Waals surface area (Å²) in [6, 6.07) is 9.97. The zero-order chi connectivity index (χ0) is 14.0. The Labute approximate surface area is 119 Å². The Morgan fingerprint density at radius 2 is 2.00 bits per heavy atom. The van der Waals surface area contributed by atoms with Gasteiger partial charge in [-0.2, -0.15) is 0 Å². The van der Waals surface area contributed by atoms with Crippen LogP contribution in [0.1, 0.15) is 15.9 Å². The number of amides is 1. The number of hydrogen-bond donors (Lipinski definition) is 3. The van der Waals surface area contributed by atoms with Crippen LogP contribution in [0.2, 0.25) is 0 Å². The van der Waals surface area contributed by atoms with Gasteiger partial charge >= 0.3 is 0 Å². The van der Waals surface area contributed by atoms with Crippen molar-refractivity contribution in [1.29, 1.82) is 0 Å². The Balaban J connectivity index is 2.25. The van der Waals surface area contributed by atoms with E-state index >= 15 is 0 Å². The number of aromatic hydroxyl groups is 1. The number of benzene rings is 2. The first kappa shape index (κ1) is 13.4. The lowest BCUT2D eigenvalue weighted by atomic mass is 10.1. The highest BCUT2D eigenvalue weighted by Crippen LogP contribution is 2.23. The van der Waals surface area contributed by atoms with Crippen LogP contribution in [-0.4, -0.2) is 11.0 Å². The standard InChI is InChI=1S/C14H13BrN2O2/c1-8-6-10(3-5-13(8)18)17-14(19)11-7-9(15)2-4-12(11)16/h2-7,18H,16H2,1H3,(H,17,19). The maximum absolute atomic E-state index is 12.1. The first-order valence-electron chi connectivity index (χ1n) is 5.63. The topological polar surface area (TPSA) is 75.4 Å². The highest BCUT2D eigenvalue weighted by Gasteiger charge is 2.11. The lowest BCUT2D eigenvalue weighted by molar-refractivity contribution is 0.102. The molecular formula is C14H13BrN2O2. The van der Waals surface area contributed by atoms with E-state index in [1.54, 1.807) is 37.3 Å². The van der Waals surface area contributed by atoms with Crippen molar-refractivity contribution >= 4 is 33.2 Å². The molecule has 0 radical (unpaired) electrons. The van der Waals surface area contributed by atoms with Crippen LogP contribution in [-0.2, 0) is 0 Å². The number of nitrogens with one attached hydrogen (secondary N) is 1. The van der Waals surface area contributed by atoms with E-state index in [0.717, 1.165) is 4.47 Å². The molecule has 0 aliphatic carbocycles. The number of carbonyl (C=O) groups is 1. The van der Waals surface area contributed by atoms with E-state index in [1.807, 2.05) is 0 Å². The fourth-order valence-electron chi connectivity index (χ4n) is 1.66. The number of nitrogens with two attached hydrogens (primary N) is 1. The minimum absolute atomic E-state index is 0.194. The fraction of sp³-hybridized carbons (Fsp3) is 0.0714. The molecule has 1 amide bonds. The first-order chi connectivity index (χ1) is 8.97. The van der Waals surface area contributed by atoms with Gasteiger partial charge in [-0.3, -0.25) is 4.79 Å². The summed E-state index contributed by atoms with van der Waals surface area (Å²) in [4.78, 5) is 12.1. The number of anilines is 2. The number of carbonyl (C=O) groups excluding carboxylic acids is 1. The van der Waals surface area contributed by atoms with E-state index < -0.39 is 0 Å². The summed E-state index contributed by atoms with van der Waals surface area (Å²) < 4.78 is 0.786. The first-order valence-corrected chi connectivity index (χ1v) is 6.42. The van der Waals surface area contributed by atoms with Crippen LogP contribution < -0.4 is 11.1 Å². The van der Waals surface area contributed by atoms with Crippen LogP contribution >= 0.6 is 15.9 Å². The second kappa shape index (κ2) is 5.32. The van der Waals surface area contributed by atoms with Gasteiger partial charge in [0, 0.05) is 15.8 Å². The highest BCUT2D eigenvalue weighted by molar-refractivity contribution is 9.10. The van der Waals surface area contributed by atoms with Gasteiger partial charge < -0.3 is 16.2 Å². The average molecular weight is 321 g/mol. The third kappa shape index (κ3) is 3.06. The summed E-state index contributed by atoms with van der Waals surface area (Å²) in [6.07, 6.45) is 0. The van der Waals surface area contributed by atoms with Gasteiger partial charge in [0.15, 0.2) is 0 Å². The number of hydrogen-bond acceptors (Lipinski definition) is 3. The van der Waals surface area contributed by atoms with Crippen molar-refractivity contribution in [3.05, 3.63) is 52.0 Å². The molecule has 4 N–H and O–H groups in total. The zero-order valence-electron chi connectivity index (χ0n) is 10.3. The highest BCUT2D eigenvalue weighted by atomic mass is 79.9. The summed E-state index contributed by atoms with van der Waals surface area (Å²) in [5, 5.41) is 12.2. The lowest BCUT2D eigenvalue weighted by Crippen LogP contribution is -2.14. The van der Waals surface area contributed by atoms with Gasteiger partial charge in [-0.05, 0) is 48.9 Å². The summed E-state index contributed by atoms with van der Waals surface area (Å²) >= 11 is 3.30. The molecule has 0 aromatic heterocycles. The number of halogens is 1. The van der Waals surface area contributed by atoms with Gasteiger partial charge in [0.05, 0.1) is 5.56 Å². The van der Waals surface area contributed by atoms with Crippen LogP contribution in [0, 0.1) is 6.92 Å². The SMILES string of the molecule is Cc1cc(NC(=O)c2cc(Br)ccc2N)ccc1O. The van der Waals surface area contributed by atoms with Crippen LogP contribution in [0.15, 0.2) is 40.9 Å². The van der Waals surface area contributed by atoms with E-state index in [9.17, 15) is 9.90 Å². The van der Waals surface area contributed by atoms with Crippen molar-refractivity contribution in [3.63, 3.8) is 0 Å². The largest absolute Gasteiger partial charge is 0.508 e. The maximum atomic E-state index is 12.1. The Bertz CT molecular complexity index is 641. The number of nitrogen functional groups attached to an aromatic ring is 1. The molecule has 0 aliphatic rings. The molecular weight excluding hydrogens is 308 g/mol. The van der Waals surface area contributed by atoms with E-state index in [1.165, 1.54) is 6.07 Å². The Kier molecular flexibility index (Phi) is 3.76. The third-order valence-corrected chi connectivity index (χ3v) is 3.21. The smallest absolute Gasteiger partial charge is 0.257 e. The van der Waals surface area contributed by atoms with Gasteiger partial charge in [0.25, 0.3) is 5.91 Å². The molecule has 98 valence electrons. The van der Waals surface area contributed by atoms with Crippen molar-refractivity contribution in [2.24, 2.45) is 0 Å². The Morgan fingerprint density at radius 1 is 1.26 bits per heavy atom. The molecule has 5 heteroatoms. The molecule has 0 aliphatic heterocycles. The number of phenolic OH excluding ortho intramolecular Hbond substituents is 1. The number of rotatable bonds is 2. The van der Waals surface area contributed by atoms with Crippen LogP contribution in [0.3, 0.4) is 0 Å². The number of phenols is 1. The van der Waals surface area contributed by atoms with E-state index in [0.29, 0.717) is 22.5 Å². The summed E-state index contributed by atoms with van der Waals surface area (Å²) in [7, 11) is 0. The van der Waals surface area contributed by atoms with Gasteiger partial charge in [0.1, 0.15) is 5.75 Å². The van der Waals surface area contributed by atoms with Crippen molar-refractivity contribution in [1.82, 2.24) is 0 Å². The van der Waals surface area contributed by atoms with Crippen molar-refractivity contribution in [2.45, 2.75) is 6.92 Å². The molecule has 2 aromatic carbocycles. The number of aryl methyl sites for hydroxylation is 1. The predicted octanol–water partition coefficient (Wildman–Crippen LogP) is 3.30. The van der Waals surface area contributed by atoms with E-state index in [-0.39, 0.29) is 11.7 Å². The summed E-state index contributed by atoms with van der Waals surface area (Å²) in [5.74, 6) is -0.0936. The molecule has 2 rings (SSSR count). The second-order valence-corrected chi connectivity index (χ2v) is 5.10. The molecule has 4 nitrogen and oxygen atoms in total. The van der Waals surface area contributed by atoms with Crippen LogP contribution in [0.4, 0.5) is 11.4 Å². The minimum Gasteiger partial charge on any atom is -0.508 e. The molecule has 0 heterocycles. The average Bonchev–Trinajstić information content (AvgIpc) is 2.36. The van der Waals surface area contributed by atoms with Crippen molar-refractivity contribution < 1.29 is 9.90 Å². The minimum atomic E-state index is -0.288. The third-order valence-electron chi connectivity index (χ3n) is 2.71. The lowest BCUT2D eigenvalue weighted by Gasteiger charge is -2.09.